The third kappa shape index (κ3) is 3.79. The summed E-state index contributed by atoms with van der Waals surface area (Å²) in [5.74, 6) is 0. The summed E-state index contributed by atoms with van der Waals surface area (Å²) in [6.45, 7) is 4.39. The number of nitriles is 1. The van der Waals surface area contributed by atoms with Gasteiger partial charge in [0.15, 0.2) is 0 Å². The van der Waals surface area contributed by atoms with E-state index in [-0.39, 0.29) is 5.41 Å². The monoisotopic (exact) mass is 481 g/mol. The second kappa shape index (κ2) is 8.78. The standard InChI is InChI=1S/C32H23N3S/c1-32(2)26-15-14-24(19-30(26)36-29-13-7-12-25(20-33)31(29)32)28-17-16-27(34-35-28)23-11-6-10-22(18-23)21-8-4-3-5-9-21/h3-19H,1-2H3. The smallest absolute Gasteiger partial charge is 0.0995 e. The van der Waals surface area contributed by atoms with E-state index in [4.69, 9.17) is 0 Å². The van der Waals surface area contributed by atoms with Gasteiger partial charge in [-0.25, -0.2) is 0 Å². The molecule has 5 aromatic rings. The molecule has 4 aromatic carbocycles. The summed E-state index contributed by atoms with van der Waals surface area (Å²) in [4.78, 5) is 2.34. The molecule has 1 aliphatic heterocycles. The highest BCUT2D eigenvalue weighted by Crippen LogP contribution is 2.50. The van der Waals surface area contributed by atoms with Crippen molar-refractivity contribution in [1.29, 1.82) is 5.26 Å². The Balaban J connectivity index is 1.32. The maximum absolute atomic E-state index is 9.67. The van der Waals surface area contributed by atoms with Gasteiger partial charge < -0.3 is 0 Å². The predicted molar refractivity (Wildman–Crippen MR) is 146 cm³/mol. The van der Waals surface area contributed by atoms with Crippen molar-refractivity contribution in [3.05, 3.63) is 120 Å². The van der Waals surface area contributed by atoms with Crippen molar-refractivity contribution in [2.24, 2.45) is 0 Å². The molecule has 0 unspecified atom stereocenters. The van der Waals surface area contributed by atoms with E-state index in [9.17, 15) is 5.26 Å². The molecule has 0 radical (unpaired) electrons. The number of fused-ring (bicyclic) bond motifs is 2. The minimum Gasteiger partial charge on any atom is -0.192 e. The molecule has 0 fully saturated rings. The van der Waals surface area contributed by atoms with E-state index in [1.807, 2.05) is 30.3 Å². The molecule has 36 heavy (non-hydrogen) atoms. The molecule has 2 heterocycles. The lowest BCUT2D eigenvalue weighted by Crippen LogP contribution is -2.25. The van der Waals surface area contributed by atoms with Crippen LogP contribution < -0.4 is 0 Å². The number of rotatable bonds is 3. The van der Waals surface area contributed by atoms with Gasteiger partial charge in [0.25, 0.3) is 0 Å². The van der Waals surface area contributed by atoms with E-state index in [1.54, 1.807) is 11.8 Å². The zero-order valence-corrected chi connectivity index (χ0v) is 20.9. The van der Waals surface area contributed by atoms with Crippen LogP contribution in [0.2, 0.25) is 0 Å². The normalized spacial score (nSPS) is 13.4. The van der Waals surface area contributed by atoms with Gasteiger partial charge in [0.1, 0.15) is 0 Å². The van der Waals surface area contributed by atoms with Crippen LogP contribution in [-0.2, 0) is 5.41 Å². The Kier molecular flexibility index (Phi) is 5.44. The molecule has 0 atom stereocenters. The summed E-state index contributed by atoms with van der Waals surface area (Å²) in [6, 6.07) is 37.7. The highest BCUT2D eigenvalue weighted by atomic mass is 32.2. The van der Waals surface area contributed by atoms with Crippen molar-refractivity contribution < 1.29 is 0 Å². The summed E-state index contributed by atoms with van der Waals surface area (Å²) in [6.07, 6.45) is 0. The first-order chi connectivity index (χ1) is 17.5. The van der Waals surface area contributed by atoms with Gasteiger partial charge in [0.05, 0.1) is 23.0 Å². The Hall–Kier alpha value is -4.20. The maximum Gasteiger partial charge on any atom is 0.0995 e. The lowest BCUT2D eigenvalue weighted by atomic mass is 9.75. The maximum atomic E-state index is 9.67. The van der Waals surface area contributed by atoms with Crippen molar-refractivity contribution in [1.82, 2.24) is 10.2 Å². The lowest BCUT2D eigenvalue weighted by molar-refractivity contribution is 0.605. The number of nitrogens with zero attached hydrogens (tertiary/aromatic N) is 3. The largest absolute Gasteiger partial charge is 0.192 e. The Morgan fingerprint density at radius 1 is 0.639 bits per heavy atom. The van der Waals surface area contributed by atoms with Crippen molar-refractivity contribution in [3.8, 4) is 39.7 Å². The topological polar surface area (TPSA) is 49.6 Å². The Morgan fingerprint density at radius 2 is 1.31 bits per heavy atom. The third-order valence-electron chi connectivity index (χ3n) is 6.87. The van der Waals surface area contributed by atoms with E-state index in [1.165, 1.54) is 16.0 Å². The molecule has 0 spiro atoms. The van der Waals surface area contributed by atoms with Crippen LogP contribution in [0.3, 0.4) is 0 Å². The highest BCUT2D eigenvalue weighted by molar-refractivity contribution is 7.99. The molecular weight excluding hydrogens is 458 g/mol. The molecule has 0 saturated heterocycles. The molecule has 0 N–H and O–H groups in total. The van der Waals surface area contributed by atoms with E-state index in [2.05, 4.69) is 103 Å². The van der Waals surface area contributed by atoms with Crippen LogP contribution in [0, 0.1) is 11.3 Å². The lowest BCUT2D eigenvalue weighted by Gasteiger charge is -2.35. The number of benzene rings is 4. The zero-order valence-electron chi connectivity index (χ0n) is 20.1. The molecule has 0 bridgehead atoms. The van der Waals surface area contributed by atoms with Gasteiger partial charge in [0.2, 0.25) is 0 Å². The first-order valence-corrected chi connectivity index (χ1v) is 12.7. The van der Waals surface area contributed by atoms with Gasteiger partial charge in [-0.05, 0) is 58.7 Å². The number of hydrogen-bond donors (Lipinski definition) is 0. The fourth-order valence-electron chi connectivity index (χ4n) is 5.02. The summed E-state index contributed by atoms with van der Waals surface area (Å²) >= 11 is 1.72. The van der Waals surface area contributed by atoms with Gasteiger partial charge in [0, 0.05) is 26.3 Å². The van der Waals surface area contributed by atoms with Crippen LogP contribution in [-0.4, -0.2) is 10.2 Å². The second-order valence-electron chi connectivity index (χ2n) is 9.48. The first-order valence-electron chi connectivity index (χ1n) is 11.9. The van der Waals surface area contributed by atoms with E-state index in [0.717, 1.165) is 44.1 Å². The minimum atomic E-state index is -0.250. The van der Waals surface area contributed by atoms with Gasteiger partial charge in [-0.15, -0.1) is 10.2 Å². The zero-order chi connectivity index (χ0) is 24.7. The van der Waals surface area contributed by atoms with Crippen molar-refractivity contribution in [3.63, 3.8) is 0 Å². The number of hydrogen-bond acceptors (Lipinski definition) is 4. The quantitative estimate of drug-likeness (QED) is 0.261. The molecule has 4 heteroatoms. The molecule has 0 aliphatic carbocycles. The molecule has 1 aliphatic rings. The molecule has 1 aromatic heterocycles. The van der Waals surface area contributed by atoms with Gasteiger partial charge in [-0.2, -0.15) is 5.26 Å². The average molecular weight is 482 g/mol. The van der Waals surface area contributed by atoms with Crippen molar-refractivity contribution in [2.45, 2.75) is 29.1 Å². The molecular formula is C32H23N3S. The summed E-state index contributed by atoms with van der Waals surface area (Å²) in [5.41, 5.74) is 8.96. The molecule has 172 valence electrons. The predicted octanol–water partition coefficient (Wildman–Crippen LogP) is 8.14. The average Bonchev–Trinajstić information content (AvgIpc) is 2.93. The van der Waals surface area contributed by atoms with Gasteiger partial charge >= 0.3 is 0 Å². The minimum absolute atomic E-state index is 0.250. The van der Waals surface area contributed by atoms with Crippen LogP contribution in [0.1, 0.15) is 30.5 Å². The molecule has 6 rings (SSSR count). The van der Waals surface area contributed by atoms with E-state index >= 15 is 0 Å². The van der Waals surface area contributed by atoms with Crippen LogP contribution in [0.25, 0.3) is 33.6 Å². The third-order valence-corrected chi connectivity index (χ3v) is 7.99. The second-order valence-corrected chi connectivity index (χ2v) is 10.6. The van der Waals surface area contributed by atoms with Gasteiger partial charge in [-0.3, -0.25) is 0 Å². The Bertz CT molecular complexity index is 1630. The van der Waals surface area contributed by atoms with Crippen LogP contribution in [0.5, 0.6) is 0 Å². The van der Waals surface area contributed by atoms with E-state index in [0.29, 0.717) is 0 Å². The summed E-state index contributed by atoms with van der Waals surface area (Å²) < 4.78 is 0. The van der Waals surface area contributed by atoms with Crippen molar-refractivity contribution in [2.75, 3.05) is 0 Å². The Morgan fingerprint density at radius 3 is 2.03 bits per heavy atom. The molecule has 0 saturated carbocycles. The summed E-state index contributed by atoms with van der Waals surface area (Å²) in [7, 11) is 0. The fourth-order valence-corrected chi connectivity index (χ4v) is 6.49. The van der Waals surface area contributed by atoms with Gasteiger partial charge in [-0.1, -0.05) is 92.3 Å². The summed E-state index contributed by atoms with van der Waals surface area (Å²) in [5, 5.41) is 18.8. The first kappa shape index (κ1) is 22.3. The van der Waals surface area contributed by atoms with Crippen LogP contribution in [0.4, 0.5) is 0 Å². The number of aromatic nitrogens is 2. The Labute approximate surface area is 215 Å². The van der Waals surface area contributed by atoms with Crippen LogP contribution >= 0.6 is 11.8 Å². The van der Waals surface area contributed by atoms with E-state index < -0.39 is 0 Å². The molecule has 3 nitrogen and oxygen atoms in total. The SMILES string of the molecule is CC1(C)c2ccc(-c3ccc(-c4cccc(-c5ccccc5)c4)nn3)cc2Sc2cccc(C#N)c21. The highest BCUT2D eigenvalue weighted by Gasteiger charge is 2.35. The fraction of sp³-hybridized carbons (Fsp3) is 0.0938. The van der Waals surface area contributed by atoms with Crippen LogP contribution in [0.15, 0.2) is 113 Å². The molecule has 0 amide bonds. The van der Waals surface area contributed by atoms with Crippen molar-refractivity contribution >= 4 is 11.8 Å².